The van der Waals surface area contributed by atoms with Gasteiger partial charge in [0.15, 0.2) is 9.84 Å². The van der Waals surface area contributed by atoms with Gasteiger partial charge in [-0.1, -0.05) is 24.6 Å². The van der Waals surface area contributed by atoms with Crippen molar-refractivity contribution in [3.63, 3.8) is 0 Å². The Balaban J connectivity index is 2.47. The Hall–Kier alpha value is -1.53. The summed E-state index contributed by atoms with van der Waals surface area (Å²) in [6.07, 6.45) is 0.652. The smallest absolute Gasteiger partial charge is 0.186 e. The maximum Gasteiger partial charge on any atom is 0.186 e. The molecule has 7 heteroatoms. The van der Waals surface area contributed by atoms with Crippen LogP contribution in [0.4, 0.5) is 5.69 Å². The van der Waals surface area contributed by atoms with E-state index in [1.54, 1.807) is 25.2 Å². The van der Waals surface area contributed by atoms with Crippen molar-refractivity contribution in [3.05, 3.63) is 40.2 Å². The van der Waals surface area contributed by atoms with Gasteiger partial charge in [-0.25, -0.2) is 8.42 Å². The van der Waals surface area contributed by atoms with Crippen LogP contribution in [0, 0.1) is 6.92 Å². The average Bonchev–Trinajstić information content (AvgIpc) is 2.68. The van der Waals surface area contributed by atoms with Crippen LogP contribution in [0.3, 0.4) is 0 Å². The van der Waals surface area contributed by atoms with Crippen molar-refractivity contribution in [2.75, 3.05) is 5.73 Å². The molecule has 2 N–H and O–H groups in total. The molecule has 21 heavy (non-hydrogen) atoms. The highest BCUT2D eigenvalue weighted by Gasteiger charge is 2.23. The first-order valence-corrected chi connectivity index (χ1v) is 8.58. The van der Waals surface area contributed by atoms with Gasteiger partial charge in [0, 0.05) is 7.05 Å². The molecule has 0 amide bonds. The number of benzene rings is 1. The summed E-state index contributed by atoms with van der Waals surface area (Å²) in [6.45, 7) is 3.75. The van der Waals surface area contributed by atoms with E-state index in [1.807, 2.05) is 13.8 Å². The van der Waals surface area contributed by atoms with Crippen LogP contribution in [0.15, 0.2) is 23.1 Å². The van der Waals surface area contributed by atoms with Crippen LogP contribution in [0.1, 0.15) is 23.9 Å². The van der Waals surface area contributed by atoms with Gasteiger partial charge in [-0.05, 0) is 31.0 Å². The van der Waals surface area contributed by atoms with Gasteiger partial charge in [-0.15, -0.1) is 0 Å². The third kappa shape index (κ3) is 3.06. The first kappa shape index (κ1) is 15.9. The van der Waals surface area contributed by atoms with Crippen LogP contribution in [0.5, 0.6) is 0 Å². The lowest BCUT2D eigenvalue weighted by molar-refractivity contribution is 0.592. The van der Waals surface area contributed by atoms with E-state index < -0.39 is 9.84 Å². The minimum absolute atomic E-state index is 0.137. The first-order chi connectivity index (χ1) is 9.76. The average molecular weight is 328 g/mol. The van der Waals surface area contributed by atoms with Crippen LogP contribution in [0.2, 0.25) is 5.02 Å². The Labute approximate surface area is 129 Å². The van der Waals surface area contributed by atoms with Crippen molar-refractivity contribution in [1.82, 2.24) is 9.78 Å². The molecule has 0 saturated heterocycles. The largest absolute Gasteiger partial charge is 0.398 e. The summed E-state index contributed by atoms with van der Waals surface area (Å²) >= 11 is 6.22. The van der Waals surface area contributed by atoms with Gasteiger partial charge in [-0.2, -0.15) is 5.10 Å². The predicted octanol–water partition coefficient (Wildman–Crippen LogP) is 2.50. The Morgan fingerprint density at radius 1 is 1.38 bits per heavy atom. The maximum absolute atomic E-state index is 12.6. The quantitative estimate of drug-likeness (QED) is 0.875. The third-order valence-corrected chi connectivity index (χ3v) is 5.45. The van der Waals surface area contributed by atoms with E-state index in [-0.39, 0.29) is 16.3 Å². The monoisotopic (exact) mass is 327 g/mol. The number of hydrogen-bond donors (Lipinski definition) is 1. The zero-order chi connectivity index (χ0) is 15.8. The number of nitrogens with two attached hydrogens (primary N) is 1. The number of aromatic nitrogens is 2. The van der Waals surface area contributed by atoms with Gasteiger partial charge in [0.2, 0.25) is 0 Å². The lowest BCUT2D eigenvalue weighted by Crippen LogP contribution is -2.11. The van der Waals surface area contributed by atoms with Crippen molar-refractivity contribution in [2.45, 2.75) is 30.9 Å². The molecule has 2 aromatic rings. The SMILES string of the molecule is CCc1nn(C)c(CS(=O)(=O)c2cc(C)ccc2N)c1Cl. The minimum atomic E-state index is -3.58. The molecule has 114 valence electrons. The van der Waals surface area contributed by atoms with Crippen LogP contribution < -0.4 is 5.73 Å². The molecule has 0 unspecified atom stereocenters. The minimum Gasteiger partial charge on any atom is -0.398 e. The van der Waals surface area contributed by atoms with Crippen LogP contribution in [-0.2, 0) is 29.1 Å². The van der Waals surface area contributed by atoms with Gasteiger partial charge in [0.25, 0.3) is 0 Å². The highest BCUT2D eigenvalue weighted by Crippen LogP contribution is 2.28. The van der Waals surface area contributed by atoms with Gasteiger partial charge in [0.05, 0.1) is 32.7 Å². The lowest BCUT2D eigenvalue weighted by Gasteiger charge is -2.09. The molecule has 1 aromatic carbocycles. The van der Waals surface area contributed by atoms with Crippen LogP contribution in [0.25, 0.3) is 0 Å². The second-order valence-corrected chi connectivity index (χ2v) is 7.32. The molecule has 0 aliphatic rings. The second-order valence-electron chi connectivity index (χ2n) is 4.98. The standard InChI is InChI=1S/C14H18ClN3O2S/c1-4-11-14(15)12(18(3)17-11)8-21(19,20)13-7-9(2)5-6-10(13)16/h5-7H,4,8,16H2,1-3H3. The molecule has 2 rings (SSSR count). The van der Waals surface area contributed by atoms with E-state index in [0.717, 1.165) is 5.56 Å². The Morgan fingerprint density at radius 2 is 2.05 bits per heavy atom. The number of nitrogens with zero attached hydrogens (tertiary/aromatic N) is 2. The molecule has 1 heterocycles. The van der Waals surface area contributed by atoms with Crippen molar-refractivity contribution in [1.29, 1.82) is 0 Å². The zero-order valence-corrected chi connectivity index (χ0v) is 13.8. The van der Waals surface area contributed by atoms with E-state index in [4.69, 9.17) is 17.3 Å². The first-order valence-electron chi connectivity index (χ1n) is 6.55. The van der Waals surface area contributed by atoms with Crippen molar-refractivity contribution in [3.8, 4) is 0 Å². The normalized spacial score (nSPS) is 11.8. The topological polar surface area (TPSA) is 78.0 Å². The Bertz CT molecular complexity index is 782. The second kappa shape index (κ2) is 5.69. The molecule has 0 atom stereocenters. The van der Waals surface area contributed by atoms with Crippen molar-refractivity contribution in [2.24, 2.45) is 7.05 Å². The highest BCUT2D eigenvalue weighted by atomic mass is 35.5. The van der Waals surface area contributed by atoms with Gasteiger partial charge in [-0.3, -0.25) is 4.68 Å². The number of aryl methyl sites for hydroxylation is 3. The summed E-state index contributed by atoms with van der Waals surface area (Å²) in [4.78, 5) is 0.137. The number of anilines is 1. The number of halogens is 1. The lowest BCUT2D eigenvalue weighted by atomic mass is 10.2. The summed E-state index contributed by atoms with van der Waals surface area (Å²) in [6, 6.07) is 4.96. The highest BCUT2D eigenvalue weighted by molar-refractivity contribution is 7.90. The van der Waals surface area contributed by atoms with Crippen molar-refractivity contribution < 1.29 is 8.42 Å². The van der Waals surface area contributed by atoms with Gasteiger partial charge < -0.3 is 5.73 Å². The molecule has 1 aromatic heterocycles. The summed E-state index contributed by atoms with van der Waals surface area (Å²) in [5.41, 5.74) is 8.06. The van der Waals surface area contributed by atoms with E-state index in [9.17, 15) is 8.42 Å². The molecular weight excluding hydrogens is 310 g/mol. The fourth-order valence-corrected chi connectivity index (χ4v) is 4.22. The van der Waals surface area contributed by atoms with Gasteiger partial charge in [0.1, 0.15) is 0 Å². The Kier molecular flexibility index (Phi) is 4.30. The molecule has 0 saturated carbocycles. The van der Waals surface area contributed by atoms with E-state index in [0.29, 0.717) is 22.8 Å². The molecular formula is C14H18ClN3O2S. The summed E-state index contributed by atoms with van der Waals surface area (Å²) in [5.74, 6) is -0.219. The summed E-state index contributed by atoms with van der Waals surface area (Å²) in [5, 5.41) is 4.65. The Morgan fingerprint density at radius 3 is 2.62 bits per heavy atom. The summed E-state index contributed by atoms with van der Waals surface area (Å²) in [7, 11) is -1.89. The van der Waals surface area contributed by atoms with Crippen LogP contribution >= 0.6 is 11.6 Å². The summed E-state index contributed by atoms with van der Waals surface area (Å²) < 4.78 is 26.7. The van der Waals surface area contributed by atoms with E-state index in [1.165, 1.54) is 4.68 Å². The molecule has 0 radical (unpaired) electrons. The molecule has 0 fully saturated rings. The van der Waals surface area contributed by atoms with E-state index in [2.05, 4.69) is 5.10 Å². The molecule has 0 spiro atoms. The molecule has 5 nitrogen and oxygen atoms in total. The fraction of sp³-hybridized carbons (Fsp3) is 0.357. The molecule has 0 bridgehead atoms. The van der Waals surface area contributed by atoms with Gasteiger partial charge >= 0.3 is 0 Å². The van der Waals surface area contributed by atoms with E-state index >= 15 is 0 Å². The number of hydrogen-bond acceptors (Lipinski definition) is 4. The third-order valence-electron chi connectivity index (χ3n) is 3.33. The predicted molar refractivity (Wildman–Crippen MR) is 84.1 cm³/mol. The molecule has 0 aliphatic carbocycles. The van der Waals surface area contributed by atoms with Crippen molar-refractivity contribution >= 4 is 27.1 Å². The number of rotatable bonds is 4. The number of nitrogen functional groups attached to an aromatic ring is 1. The fourth-order valence-electron chi connectivity index (χ4n) is 2.15. The number of sulfone groups is 1. The molecule has 0 aliphatic heterocycles. The van der Waals surface area contributed by atoms with Crippen LogP contribution in [-0.4, -0.2) is 18.2 Å². The maximum atomic E-state index is 12.6. The zero-order valence-electron chi connectivity index (χ0n) is 12.2.